The molecule has 0 aliphatic rings. The van der Waals surface area contributed by atoms with Crippen molar-refractivity contribution in [3.63, 3.8) is 0 Å². The van der Waals surface area contributed by atoms with Crippen LogP contribution < -0.4 is 5.32 Å². The summed E-state index contributed by atoms with van der Waals surface area (Å²) in [5, 5.41) is 10.1. The summed E-state index contributed by atoms with van der Waals surface area (Å²) in [6.07, 6.45) is -5.05. The normalized spacial score (nSPS) is 14.9. The highest BCUT2D eigenvalue weighted by Crippen LogP contribution is 2.30. The number of ether oxygens (including phenoxy) is 1. The SMILES string of the molecule is CCOCCCC(=O)NC(C)(C(=O)O)C(F)(F)F. The summed E-state index contributed by atoms with van der Waals surface area (Å²) >= 11 is 0. The van der Waals surface area contributed by atoms with Crippen LogP contribution in [0.4, 0.5) is 13.2 Å². The molecular weight excluding hydrogens is 255 g/mol. The first-order valence-electron chi connectivity index (χ1n) is 5.34. The number of alkyl halides is 3. The molecule has 0 bridgehead atoms. The van der Waals surface area contributed by atoms with E-state index in [0.717, 1.165) is 0 Å². The molecule has 0 rings (SSSR count). The molecule has 5 nitrogen and oxygen atoms in total. The standard InChI is InChI=1S/C10H16F3NO4/c1-3-18-6-4-5-7(15)14-9(2,8(16)17)10(11,12)13/h3-6H2,1-2H3,(H,14,15)(H,16,17). The lowest BCUT2D eigenvalue weighted by Gasteiger charge is -2.28. The molecule has 0 saturated carbocycles. The quantitative estimate of drug-likeness (QED) is 0.685. The number of amides is 1. The minimum atomic E-state index is -5.06. The van der Waals surface area contributed by atoms with Gasteiger partial charge in [0.2, 0.25) is 11.4 Å². The fourth-order valence-corrected chi connectivity index (χ4v) is 1.07. The summed E-state index contributed by atoms with van der Waals surface area (Å²) in [7, 11) is 0. The van der Waals surface area contributed by atoms with Crippen molar-refractivity contribution in [2.24, 2.45) is 0 Å². The first-order chi connectivity index (χ1) is 8.15. The van der Waals surface area contributed by atoms with Crippen LogP contribution in [0.3, 0.4) is 0 Å². The van der Waals surface area contributed by atoms with Crippen LogP contribution in [0.5, 0.6) is 0 Å². The highest BCUT2D eigenvalue weighted by atomic mass is 19.4. The molecular formula is C10H16F3NO4. The van der Waals surface area contributed by atoms with Gasteiger partial charge in [-0.1, -0.05) is 0 Å². The van der Waals surface area contributed by atoms with Gasteiger partial charge < -0.3 is 15.2 Å². The van der Waals surface area contributed by atoms with Crippen LogP contribution in [0.2, 0.25) is 0 Å². The highest BCUT2D eigenvalue weighted by molar-refractivity contribution is 5.87. The summed E-state index contributed by atoms with van der Waals surface area (Å²) in [5.74, 6) is -3.12. The molecule has 1 amide bonds. The molecule has 8 heteroatoms. The van der Waals surface area contributed by atoms with Gasteiger partial charge in [0.1, 0.15) is 0 Å². The van der Waals surface area contributed by atoms with Crippen molar-refractivity contribution in [3.05, 3.63) is 0 Å². The number of hydrogen-bond donors (Lipinski definition) is 2. The molecule has 0 radical (unpaired) electrons. The summed E-state index contributed by atoms with van der Waals surface area (Å²) < 4.78 is 42.5. The number of nitrogens with one attached hydrogen (secondary N) is 1. The summed E-state index contributed by atoms with van der Waals surface area (Å²) in [5.41, 5.74) is -3.27. The average Bonchev–Trinajstić information content (AvgIpc) is 2.22. The number of carboxylic acids is 1. The molecule has 2 N–H and O–H groups in total. The van der Waals surface area contributed by atoms with E-state index in [1.165, 1.54) is 5.32 Å². The van der Waals surface area contributed by atoms with Crippen LogP contribution in [0.1, 0.15) is 26.7 Å². The van der Waals surface area contributed by atoms with Crippen LogP contribution in [0.25, 0.3) is 0 Å². The number of carboxylic acid groups (broad SMARTS) is 1. The molecule has 1 atom stereocenters. The van der Waals surface area contributed by atoms with Gasteiger partial charge in [-0.25, -0.2) is 4.79 Å². The Kier molecular flexibility index (Phi) is 6.10. The second kappa shape index (κ2) is 6.58. The Balaban J connectivity index is 4.44. The monoisotopic (exact) mass is 271 g/mol. The van der Waals surface area contributed by atoms with Crippen molar-refractivity contribution in [1.82, 2.24) is 5.32 Å². The Morgan fingerprint density at radius 3 is 2.28 bits per heavy atom. The zero-order chi connectivity index (χ0) is 14.4. The second-order valence-corrected chi connectivity index (χ2v) is 3.78. The number of hydrogen-bond acceptors (Lipinski definition) is 3. The largest absolute Gasteiger partial charge is 0.479 e. The molecule has 0 fully saturated rings. The molecule has 0 spiro atoms. The third-order valence-electron chi connectivity index (χ3n) is 2.28. The van der Waals surface area contributed by atoms with Crippen LogP contribution >= 0.6 is 0 Å². The predicted molar refractivity (Wildman–Crippen MR) is 56.0 cm³/mol. The molecule has 18 heavy (non-hydrogen) atoms. The summed E-state index contributed by atoms with van der Waals surface area (Å²) in [6, 6.07) is 0. The molecule has 0 aromatic heterocycles. The van der Waals surface area contributed by atoms with E-state index in [2.05, 4.69) is 0 Å². The third-order valence-corrected chi connectivity index (χ3v) is 2.28. The fourth-order valence-electron chi connectivity index (χ4n) is 1.07. The van der Waals surface area contributed by atoms with Gasteiger partial charge in [0, 0.05) is 19.6 Å². The molecule has 0 aromatic rings. The lowest BCUT2D eigenvalue weighted by Crippen LogP contribution is -2.61. The van der Waals surface area contributed by atoms with Gasteiger partial charge in [0.05, 0.1) is 0 Å². The minimum absolute atomic E-state index is 0.223. The third kappa shape index (κ3) is 4.52. The van der Waals surface area contributed by atoms with Crippen molar-refractivity contribution >= 4 is 11.9 Å². The number of halogens is 3. The zero-order valence-electron chi connectivity index (χ0n) is 10.1. The maximum atomic E-state index is 12.5. The molecule has 0 heterocycles. The minimum Gasteiger partial charge on any atom is -0.479 e. The van der Waals surface area contributed by atoms with Gasteiger partial charge in [-0.15, -0.1) is 0 Å². The van der Waals surface area contributed by atoms with E-state index >= 15 is 0 Å². The smallest absolute Gasteiger partial charge is 0.422 e. The van der Waals surface area contributed by atoms with Crippen molar-refractivity contribution in [2.75, 3.05) is 13.2 Å². The average molecular weight is 271 g/mol. The van der Waals surface area contributed by atoms with Gasteiger partial charge in [-0.3, -0.25) is 4.79 Å². The Morgan fingerprint density at radius 1 is 1.33 bits per heavy atom. The maximum Gasteiger partial charge on any atom is 0.422 e. The Bertz CT molecular complexity index is 306. The van der Waals surface area contributed by atoms with E-state index in [4.69, 9.17) is 9.84 Å². The second-order valence-electron chi connectivity index (χ2n) is 3.78. The molecule has 0 aromatic carbocycles. The lowest BCUT2D eigenvalue weighted by atomic mass is 10.0. The van der Waals surface area contributed by atoms with E-state index in [9.17, 15) is 22.8 Å². The van der Waals surface area contributed by atoms with E-state index in [1.54, 1.807) is 6.92 Å². The molecule has 0 saturated heterocycles. The first kappa shape index (κ1) is 16.7. The van der Waals surface area contributed by atoms with Gasteiger partial charge in [0.25, 0.3) is 0 Å². The summed E-state index contributed by atoms with van der Waals surface area (Å²) in [6.45, 7) is 2.83. The van der Waals surface area contributed by atoms with Gasteiger partial charge in [-0.05, 0) is 20.3 Å². The van der Waals surface area contributed by atoms with Crippen molar-refractivity contribution < 1.29 is 32.6 Å². The number of carbonyl (C=O) groups excluding carboxylic acids is 1. The fraction of sp³-hybridized carbons (Fsp3) is 0.800. The molecule has 0 aliphatic carbocycles. The van der Waals surface area contributed by atoms with Crippen molar-refractivity contribution in [2.45, 2.75) is 38.4 Å². The van der Waals surface area contributed by atoms with Crippen LogP contribution in [0.15, 0.2) is 0 Å². The van der Waals surface area contributed by atoms with E-state index in [-0.39, 0.29) is 19.4 Å². The molecule has 106 valence electrons. The summed E-state index contributed by atoms with van der Waals surface area (Å²) in [4.78, 5) is 21.9. The van der Waals surface area contributed by atoms with Crippen molar-refractivity contribution in [3.8, 4) is 0 Å². The number of rotatable bonds is 7. The maximum absolute atomic E-state index is 12.5. The Hall–Kier alpha value is -1.31. The van der Waals surface area contributed by atoms with Gasteiger partial charge >= 0.3 is 12.1 Å². The molecule has 1 unspecified atom stereocenters. The molecule has 0 aliphatic heterocycles. The Labute approximate surface area is 102 Å². The topological polar surface area (TPSA) is 75.6 Å². The Morgan fingerprint density at radius 2 is 1.89 bits per heavy atom. The van der Waals surface area contributed by atoms with E-state index in [0.29, 0.717) is 13.5 Å². The van der Waals surface area contributed by atoms with Crippen molar-refractivity contribution in [1.29, 1.82) is 0 Å². The van der Waals surface area contributed by atoms with Crippen LogP contribution in [0, 0.1) is 0 Å². The van der Waals surface area contributed by atoms with E-state index < -0.39 is 23.6 Å². The van der Waals surface area contributed by atoms with E-state index in [1.807, 2.05) is 0 Å². The highest BCUT2D eigenvalue weighted by Gasteiger charge is 2.58. The van der Waals surface area contributed by atoms with Gasteiger partial charge in [-0.2, -0.15) is 13.2 Å². The predicted octanol–water partition coefficient (Wildman–Crippen LogP) is 1.32. The number of carbonyl (C=O) groups is 2. The van der Waals surface area contributed by atoms with Crippen LogP contribution in [-0.2, 0) is 14.3 Å². The lowest BCUT2D eigenvalue weighted by molar-refractivity contribution is -0.207. The number of aliphatic carboxylic acids is 1. The van der Waals surface area contributed by atoms with Gasteiger partial charge in [0.15, 0.2) is 0 Å². The first-order valence-corrected chi connectivity index (χ1v) is 5.34. The zero-order valence-corrected chi connectivity index (χ0v) is 10.1. The van der Waals surface area contributed by atoms with Crippen LogP contribution in [-0.4, -0.2) is 41.9 Å².